The van der Waals surface area contributed by atoms with Crippen LogP contribution in [0.15, 0.2) is 30.6 Å². The molecule has 0 atom stereocenters. The summed E-state index contributed by atoms with van der Waals surface area (Å²) in [5.74, 6) is -2.31. The summed E-state index contributed by atoms with van der Waals surface area (Å²) >= 11 is 0. The number of rotatable bonds is 7. The van der Waals surface area contributed by atoms with Crippen LogP contribution >= 0.6 is 0 Å². The van der Waals surface area contributed by atoms with E-state index in [1.807, 2.05) is 0 Å². The van der Waals surface area contributed by atoms with Gasteiger partial charge in [0, 0.05) is 6.20 Å². The molecule has 1 aromatic carbocycles. The number of benzene rings is 1. The van der Waals surface area contributed by atoms with Gasteiger partial charge in [-0.3, -0.25) is 19.1 Å². The van der Waals surface area contributed by atoms with E-state index in [2.05, 4.69) is 19.9 Å². The third-order valence-corrected chi connectivity index (χ3v) is 3.86. The van der Waals surface area contributed by atoms with Gasteiger partial charge in [0.05, 0.1) is 50.6 Å². The van der Waals surface area contributed by atoms with Crippen molar-refractivity contribution in [2.75, 3.05) is 19.5 Å². The van der Waals surface area contributed by atoms with E-state index in [0.29, 0.717) is 5.69 Å². The second-order valence-corrected chi connectivity index (χ2v) is 5.86. The van der Waals surface area contributed by atoms with Crippen LogP contribution in [0.2, 0.25) is 0 Å². The zero-order valence-corrected chi connectivity index (χ0v) is 15.2. The van der Waals surface area contributed by atoms with Crippen molar-refractivity contribution in [1.29, 1.82) is 0 Å². The molecular weight excluding hydrogens is 357 g/mol. The fraction of sp³-hybridized carbons (Fsp3) is 0.333. The number of carbonyl (C=O) groups is 3. The van der Waals surface area contributed by atoms with E-state index in [9.17, 15) is 18.8 Å². The second-order valence-electron chi connectivity index (χ2n) is 5.86. The van der Waals surface area contributed by atoms with E-state index in [0.717, 1.165) is 5.56 Å². The first-order chi connectivity index (χ1) is 12.8. The normalized spacial score (nSPS) is 10.6. The van der Waals surface area contributed by atoms with Crippen LogP contribution < -0.4 is 5.32 Å². The highest BCUT2D eigenvalue weighted by molar-refractivity contribution is 6.04. The molecule has 0 spiro atoms. The van der Waals surface area contributed by atoms with Crippen molar-refractivity contribution >= 4 is 23.5 Å². The Morgan fingerprint density at radius 2 is 1.81 bits per heavy atom. The van der Waals surface area contributed by atoms with Crippen LogP contribution in [0.3, 0.4) is 0 Å². The minimum Gasteiger partial charge on any atom is -0.469 e. The zero-order valence-electron chi connectivity index (χ0n) is 15.2. The van der Waals surface area contributed by atoms with Crippen LogP contribution in [0.5, 0.6) is 0 Å². The number of aryl methyl sites for hydroxylation is 1. The number of methoxy groups -OCH3 is 2. The van der Waals surface area contributed by atoms with Gasteiger partial charge in [0.1, 0.15) is 5.82 Å². The Labute approximate surface area is 155 Å². The topological polar surface area (TPSA) is 99.5 Å². The standard InChI is InChI=1S/C18H20FN3O5/c1-11-4-5-15(19)14(6-11)18(25)21-12-9-20-22(10-12)13(7-16(23)26-2)8-17(24)27-3/h4-6,9-10,13H,7-8H2,1-3H3,(H,21,25). The molecule has 27 heavy (non-hydrogen) atoms. The number of hydrogen-bond acceptors (Lipinski definition) is 6. The smallest absolute Gasteiger partial charge is 0.307 e. The molecule has 0 saturated heterocycles. The summed E-state index contributed by atoms with van der Waals surface area (Å²) in [5, 5.41) is 6.61. The summed E-state index contributed by atoms with van der Waals surface area (Å²) in [6, 6.07) is 3.57. The van der Waals surface area contributed by atoms with Gasteiger partial charge in [0.25, 0.3) is 5.91 Å². The number of halogens is 1. The summed E-state index contributed by atoms with van der Waals surface area (Å²) in [6.07, 6.45) is 2.58. The highest BCUT2D eigenvalue weighted by Crippen LogP contribution is 2.20. The highest BCUT2D eigenvalue weighted by Gasteiger charge is 2.22. The Kier molecular flexibility index (Phi) is 6.64. The molecule has 0 radical (unpaired) electrons. The number of anilines is 1. The van der Waals surface area contributed by atoms with Crippen LogP contribution in [-0.2, 0) is 19.1 Å². The van der Waals surface area contributed by atoms with Crippen molar-refractivity contribution in [1.82, 2.24) is 9.78 Å². The number of nitrogens with zero attached hydrogens (tertiary/aromatic N) is 2. The highest BCUT2D eigenvalue weighted by atomic mass is 19.1. The molecule has 2 aromatic rings. The number of esters is 2. The Morgan fingerprint density at radius 1 is 1.19 bits per heavy atom. The van der Waals surface area contributed by atoms with Crippen molar-refractivity contribution in [2.45, 2.75) is 25.8 Å². The fourth-order valence-electron chi connectivity index (χ4n) is 2.42. The lowest BCUT2D eigenvalue weighted by Gasteiger charge is -2.15. The Morgan fingerprint density at radius 3 is 2.41 bits per heavy atom. The van der Waals surface area contributed by atoms with Crippen molar-refractivity contribution in [3.63, 3.8) is 0 Å². The molecule has 0 saturated carbocycles. The monoisotopic (exact) mass is 377 g/mol. The lowest BCUT2D eigenvalue weighted by Crippen LogP contribution is -2.19. The average molecular weight is 377 g/mol. The molecule has 0 bridgehead atoms. The molecule has 8 nitrogen and oxygen atoms in total. The Bertz CT molecular complexity index is 831. The summed E-state index contributed by atoms with van der Waals surface area (Å²) in [4.78, 5) is 35.4. The molecule has 0 aliphatic heterocycles. The average Bonchev–Trinajstić information content (AvgIpc) is 3.11. The molecule has 1 heterocycles. The Hall–Kier alpha value is -3.23. The molecule has 0 unspecified atom stereocenters. The molecule has 2 rings (SSSR count). The summed E-state index contributed by atoms with van der Waals surface area (Å²) in [6.45, 7) is 1.75. The zero-order chi connectivity index (χ0) is 20.0. The van der Waals surface area contributed by atoms with Crippen LogP contribution in [0, 0.1) is 12.7 Å². The molecule has 0 fully saturated rings. The number of nitrogens with one attached hydrogen (secondary N) is 1. The SMILES string of the molecule is COC(=O)CC(CC(=O)OC)n1cc(NC(=O)c2cc(C)ccc2F)cn1. The minimum atomic E-state index is -0.647. The van der Waals surface area contributed by atoms with Gasteiger partial charge in [0.15, 0.2) is 0 Å². The van der Waals surface area contributed by atoms with Gasteiger partial charge in [0.2, 0.25) is 0 Å². The predicted octanol–water partition coefficient (Wildman–Crippen LogP) is 2.25. The van der Waals surface area contributed by atoms with Gasteiger partial charge in [-0.15, -0.1) is 0 Å². The lowest BCUT2D eigenvalue weighted by molar-refractivity contribution is -0.144. The third-order valence-electron chi connectivity index (χ3n) is 3.86. The fourth-order valence-corrected chi connectivity index (χ4v) is 2.42. The van der Waals surface area contributed by atoms with E-state index in [-0.39, 0.29) is 18.4 Å². The molecule has 1 amide bonds. The van der Waals surface area contributed by atoms with Gasteiger partial charge in [-0.25, -0.2) is 4.39 Å². The lowest BCUT2D eigenvalue weighted by atomic mass is 10.1. The van der Waals surface area contributed by atoms with Gasteiger partial charge < -0.3 is 14.8 Å². The van der Waals surface area contributed by atoms with Crippen LogP contribution in [0.4, 0.5) is 10.1 Å². The predicted molar refractivity (Wildman–Crippen MR) is 93.6 cm³/mol. The molecule has 0 aliphatic rings. The number of ether oxygens (including phenoxy) is 2. The molecular formula is C18H20FN3O5. The molecule has 144 valence electrons. The van der Waals surface area contributed by atoms with Crippen LogP contribution in [-0.4, -0.2) is 41.8 Å². The van der Waals surface area contributed by atoms with Gasteiger partial charge in [-0.05, 0) is 19.1 Å². The van der Waals surface area contributed by atoms with Crippen molar-refractivity contribution < 1.29 is 28.2 Å². The van der Waals surface area contributed by atoms with Gasteiger partial charge in [-0.1, -0.05) is 11.6 Å². The van der Waals surface area contributed by atoms with Crippen molar-refractivity contribution in [2.24, 2.45) is 0 Å². The van der Waals surface area contributed by atoms with E-state index < -0.39 is 29.7 Å². The molecule has 1 N–H and O–H groups in total. The van der Waals surface area contributed by atoms with Crippen LogP contribution in [0.1, 0.15) is 34.8 Å². The van der Waals surface area contributed by atoms with Crippen molar-refractivity contribution in [3.05, 3.63) is 47.5 Å². The maximum absolute atomic E-state index is 13.8. The van der Waals surface area contributed by atoms with E-state index in [1.165, 1.54) is 43.4 Å². The number of amides is 1. The minimum absolute atomic E-state index is 0.0941. The molecule has 0 aliphatic carbocycles. The first kappa shape index (κ1) is 20.1. The van der Waals surface area contributed by atoms with Gasteiger partial charge in [-0.2, -0.15) is 5.10 Å². The largest absolute Gasteiger partial charge is 0.469 e. The van der Waals surface area contributed by atoms with Gasteiger partial charge >= 0.3 is 11.9 Å². The second kappa shape index (κ2) is 8.93. The van der Waals surface area contributed by atoms with E-state index in [4.69, 9.17) is 0 Å². The maximum atomic E-state index is 13.8. The molecule has 1 aromatic heterocycles. The first-order valence-corrected chi connectivity index (χ1v) is 8.09. The van der Waals surface area contributed by atoms with E-state index >= 15 is 0 Å². The Balaban J connectivity index is 2.16. The number of carbonyl (C=O) groups excluding carboxylic acids is 3. The first-order valence-electron chi connectivity index (χ1n) is 8.09. The summed E-state index contributed by atoms with van der Waals surface area (Å²) in [7, 11) is 2.48. The van der Waals surface area contributed by atoms with Crippen LogP contribution in [0.25, 0.3) is 0 Å². The molecule has 9 heteroatoms. The summed E-state index contributed by atoms with van der Waals surface area (Å²) in [5.41, 5.74) is 0.942. The summed E-state index contributed by atoms with van der Waals surface area (Å²) < 4.78 is 24.4. The van der Waals surface area contributed by atoms with Crippen molar-refractivity contribution in [3.8, 4) is 0 Å². The third kappa shape index (κ3) is 5.37. The number of hydrogen-bond donors (Lipinski definition) is 1. The quantitative estimate of drug-likeness (QED) is 0.743. The maximum Gasteiger partial charge on any atom is 0.307 e. The van der Waals surface area contributed by atoms with E-state index in [1.54, 1.807) is 13.0 Å². The number of aromatic nitrogens is 2.